The molecule has 0 saturated carbocycles. The molecule has 3 nitrogen and oxygen atoms in total. The number of carbonyl (C=O) groups is 1. The minimum Gasteiger partial charge on any atom is -0.480 e. The predicted octanol–water partition coefficient (Wildman–Crippen LogP) is 3.35. The molecule has 0 aromatic heterocycles. The molecule has 0 spiro atoms. The fraction of sp³-hybridized carbons (Fsp3) is 0.235. The number of rotatable bonds is 3. The van der Waals surface area contributed by atoms with Crippen molar-refractivity contribution in [1.29, 1.82) is 0 Å². The van der Waals surface area contributed by atoms with Gasteiger partial charge in [0.25, 0.3) is 0 Å². The molecule has 0 fully saturated rings. The van der Waals surface area contributed by atoms with Crippen molar-refractivity contribution in [3.63, 3.8) is 0 Å². The average molecular weight is 302 g/mol. The molecule has 1 aliphatic heterocycles. The Morgan fingerprint density at radius 1 is 1.14 bits per heavy atom. The van der Waals surface area contributed by atoms with Crippen LogP contribution >= 0.6 is 11.6 Å². The Morgan fingerprint density at radius 3 is 2.48 bits per heavy atom. The van der Waals surface area contributed by atoms with Gasteiger partial charge < -0.3 is 5.11 Å². The van der Waals surface area contributed by atoms with Crippen LogP contribution in [-0.4, -0.2) is 22.0 Å². The van der Waals surface area contributed by atoms with Crippen molar-refractivity contribution >= 4 is 17.6 Å². The number of hydrogen-bond donors (Lipinski definition) is 1. The highest BCUT2D eigenvalue weighted by molar-refractivity contribution is 6.30. The Bertz CT molecular complexity index is 654. The molecular weight excluding hydrogens is 286 g/mol. The lowest BCUT2D eigenvalue weighted by Crippen LogP contribution is -2.44. The lowest BCUT2D eigenvalue weighted by atomic mass is 9.93. The minimum atomic E-state index is -0.765. The number of aliphatic carboxylic acids is 1. The van der Waals surface area contributed by atoms with Crippen LogP contribution in [0.25, 0.3) is 0 Å². The fourth-order valence-electron chi connectivity index (χ4n) is 2.81. The molecule has 1 N–H and O–H groups in total. The lowest BCUT2D eigenvalue weighted by molar-refractivity contribution is -0.144. The average Bonchev–Trinajstić information content (AvgIpc) is 2.48. The molecule has 2 aromatic carbocycles. The van der Waals surface area contributed by atoms with Crippen molar-refractivity contribution < 1.29 is 9.90 Å². The second-order valence-electron chi connectivity index (χ2n) is 5.36. The molecule has 1 atom stereocenters. The van der Waals surface area contributed by atoms with Crippen LogP contribution in [0, 0.1) is 0 Å². The van der Waals surface area contributed by atoms with Crippen LogP contribution in [-0.2, 0) is 24.3 Å². The molecule has 0 unspecified atom stereocenters. The van der Waals surface area contributed by atoms with Gasteiger partial charge in [-0.05, 0) is 35.2 Å². The monoisotopic (exact) mass is 301 g/mol. The number of carboxylic acid groups (broad SMARTS) is 1. The van der Waals surface area contributed by atoms with Crippen LogP contribution in [0.5, 0.6) is 0 Å². The Kier molecular flexibility index (Phi) is 3.95. The van der Waals surface area contributed by atoms with Crippen LogP contribution in [0.3, 0.4) is 0 Å². The topological polar surface area (TPSA) is 40.5 Å². The van der Waals surface area contributed by atoms with Gasteiger partial charge in [-0.15, -0.1) is 0 Å². The quantitative estimate of drug-likeness (QED) is 0.945. The molecule has 0 radical (unpaired) electrons. The van der Waals surface area contributed by atoms with Crippen LogP contribution < -0.4 is 0 Å². The van der Waals surface area contributed by atoms with Crippen LogP contribution in [0.4, 0.5) is 0 Å². The molecule has 0 amide bonds. The van der Waals surface area contributed by atoms with Crippen molar-refractivity contribution in [2.24, 2.45) is 0 Å². The SMILES string of the molecule is O=C(O)[C@@H]1Cc2ccccc2CN1Cc1ccc(Cl)cc1. The molecule has 2 aromatic rings. The van der Waals surface area contributed by atoms with E-state index in [1.54, 1.807) is 0 Å². The van der Waals surface area contributed by atoms with E-state index in [-0.39, 0.29) is 0 Å². The Morgan fingerprint density at radius 2 is 1.81 bits per heavy atom. The van der Waals surface area contributed by atoms with Crippen molar-refractivity contribution in [3.8, 4) is 0 Å². The third-order valence-corrected chi connectivity index (χ3v) is 4.18. The molecule has 108 valence electrons. The largest absolute Gasteiger partial charge is 0.480 e. The number of fused-ring (bicyclic) bond motifs is 1. The second kappa shape index (κ2) is 5.88. The Hall–Kier alpha value is -1.84. The van der Waals surface area contributed by atoms with Gasteiger partial charge in [0.2, 0.25) is 0 Å². The van der Waals surface area contributed by atoms with E-state index < -0.39 is 12.0 Å². The van der Waals surface area contributed by atoms with E-state index in [4.69, 9.17) is 11.6 Å². The second-order valence-corrected chi connectivity index (χ2v) is 5.79. The number of nitrogens with zero attached hydrogens (tertiary/aromatic N) is 1. The summed E-state index contributed by atoms with van der Waals surface area (Å²) < 4.78 is 0. The van der Waals surface area contributed by atoms with Crippen molar-refractivity contribution in [3.05, 3.63) is 70.2 Å². The number of halogens is 1. The van der Waals surface area contributed by atoms with Crippen LogP contribution in [0.1, 0.15) is 16.7 Å². The maximum absolute atomic E-state index is 11.6. The van der Waals surface area contributed by atoms with E-state index in [2.05, 4.69) is 6.07 Å². The minimum absolute atomic E-state index is 0.476. The molecule has 21 heavy (non-hydrogen) atoms. The number of benzene rings is 2. The lowest BCUT2D eigenvalue weighted by Gasteiger charge is -2.34. The van der Waals surface area contributed by atoms with Crippen molar-refractivity contribution in [1.82, 2.24) is 4.90 Å². The number of carboxylic acids is 1. The summed E-state index contributed by atoms with van der Waals surface area (Å²) in [4.78, 5) is 13.6. The predicted molar refractivity (Wildman–Crippen MR) is 82.3 cm³/mol. The third-order valence-electron chi connectivity index (χ3n) is 3.93. The van der Waals surface area contributed by atoms with Gasteiger partial charge in [0, 0.05) is 18.1 Å². The van der Waals surface area contributed by atoms with Gasteiger partial charge >= 0.3 is 5.97 Å². The molecule has 4 heteroatoms. The summed E-state index contributed by atoms with van der Waals surface area (Å²) in [6, 6.07) is 15.1. The van der Waals surface area contributed by atoms with Gasteiger partial charge in [-0.25, -0.2) is 0 Å². The zero-order chi connectivity index (χ0) is 14.8. The highest BCUT2D eigenvalue weighted by atomic mass is 35.5. The molecule has 0 aliphatic carbocycles. The van der Waals surface area contributed by atoms with E-state index in [9.17, 15) is 9.90 Å². The summed E-state index contributed by atoms with van der Waals surface area (Å²) in [6.07, 6.45) is 0.555. The highest BCUT2D eigenvalue weighted by Gasteiger charge is 2.31. The van der Waals surface area contributed by atoms with E-state index >= 15 is 0 Å². The third kappa shape index (κ3) is 3.09. The Balaban J connectivity index is 1.85. The summed E-state index contributed by atoms with van der Waals surface area (Å²) in [5.41, 5.74) is 3.42. The van der Waals surface area contributed by atoms with Gasteiger partial charge in [-0.3, -0.25) is 9.69 Å². The van der Waals surface area contributed by atoms with Gasteiger partial charge in [-0.2, -0.15) is 0 Å². The standard InChI is InChI=1S/C17H16ClNO2/c18-15-7-5-12(6-8-15)10-19-11-14-4-2-1-3-13(14)9-16(19)17(20)21/h1-8,16H,9-11H2,(H,20,21)/t16-/m0/s1. The summed E-state index contributed by atoms with van der Waals surface area (Å²) in [5.74, 6) is -0.765. The molecule has 0 saturated heterocycles. The molecule has 0 bridgehead atoms. The highest BCUT2D eigenvalue weighted by Crippen LogP contribution is 2.25. The molecule has 3 rings (SSSR count). The van der Waals surface area contributed by atoms with Crippen LogP contribution in [0.15, 0.2) is 48.5 Å². The molecule has 1 aliphatic rings. The maximum atomic E-state index is 11.6. The zero-order valence-corrected chi connectivity index (χ0v) is 12.3. The first-order valence-corrected chi connectivity index (χ1v) is 7.29. The van der Waals surface area contributed by atoms with E-state index in [0.29, 0.717) is 24.5 Å². The smallest absolute Gasteiger partial charge is 0.321 e. The number of hydrogen-bond acceptors (Lipinski definition) is 2. The fourth-order valence-corrected chi connectivity index (χ4v) is 2.94. The van der Waals surface area contributed by atoms with E-state index in [1.165, 1.54) is 5.56 Å². The summed E-state index contributed by atoms with van der Waals surface area (Å²) in [7, 11) is 0. The van der Waals surface area contributed by atoms with Crippen LogP contribution in [0.2, 0.25) is 5.02 Å². The maximum Gasteiger partial charge on any atom is 0.321 e. The normalized spacial score (nSPS) is 18.2. The van der Waals surface area contributed by atoms with Crippen molar-refractivity contribution in [2.75, 3.05) is 0 Å². The Labute approximate surface area is 128 Å². The first-order chi connectivity index (χ1) is 10.1. The molecule has 1 heterocycles. The van der Waals surface area contributed by atoms with Crippen molar-refractivity contribution in [2.45, 2.75) is 25.6 Å². The van der Waals surface area contributed by atoms with Gasteiger partial charge in [0.05, 0.1) is 0 Å². The zero-order valence-electron chi connectivity index (χ0n) is 11.5. The molecular formula is C17H16ClNO2. The van der Waals surface area contributed by atoms with Gasteiger partial charge in [0.1, 0.15) is 6.04 Å². The summed E-state index contributed by atoms with van der Waals surface area (Å²) in [6.45, 7) is 1.28. The first kappa shape index (κ1) is 14.1. The van der Waals surface area contributed by atoms with E-state index in [0.717, 1.165) is 11.1 Å². The summed E-state index contributed by atoms with van der Waals surface area (Å²) in [5, 5.41) is 10.2. The van der Waals surface area contributed by atoms with Gasteiger partial charge in [-0.1, -0.05) is 48.0 Å². The van der Waals surface area contributed by atoms with Gasteiger partial charge in [0.15, 0.2) is 0 Å². The summed E-state index contributed by atoms with van der Waals surface area (Å²) >= 11 is 5.89. The van der Waals surface area contributed by atoms with E-state index in [1.807, 2.05) is 47.4 Å². The first-order valence-electron chi connectivity index (χ1n) is 6.91.